The third-order valence-corrected chi connectivity index (χ3v) is 4.22. The molecule has 0 aliphatic rings. The zero-order valence-electron chi connectivity index (χ0n) is 15.0. The maximum atomic E-state index is 12.5. The fraction of sp³-hybridized carbons (Fsp3) is 0.0476. The van der Waals surface area contributed by atoms with Crippen LogP contribution in [0.25, 0.3) is 22.2 Å². The van der Waals surface area contributed by atoms with Crippen LogP contribution >= 0.6 is 0 Å². The third kappa shape index (κ3) is 3.45. The lowest BCUT2D eigenvalue weighted by atomic mass is 10.1. The van der Waals surface area contributed by atoms with Gasteiger partial charge in [-0.15, -0.1) is 0 Å². The molecule has 0 aliphatic heterocycles. The molecule has 0 spiro atoms. The topological polar surface area (TPSA) is 100 Å². The Kier molecular flexibility index (Phi) is 4.55. The summed E-state index contributed by atoms with van der Waals surface area (Å²) in [5.74, 6) is -0.466. The number of hydrazone groups is 1. The van der Waals surface area contributed by atoms with Gasteiger partial charge in [-0.3, -0.25) is 14.7 Å². The van der Waals surface area contributed by atoms with E-state index in [-0.39, 0.29) is 16.7 Å². The zero-order chi connectivity index (χ0) is 19.5. The van der Waals surface area contributed by atoms with Gasteiger partial charge in [0.15, 0.2) is 0 Å². The monoisotopic (exact) mass is 372 g/mol. The van der Waals surface area contributed by atoms with Crippen molar-refractivity contribution >= 4 is 23.1 Å². The smallest absolute Gasteiger partial charge is 0.289 e. The van der Waals surface area contributed by atoms with E-state index in [4.69, 9.17) is 4.42 Å². The number of carbonyl (C=O) groups excluding carboxylic acids is 1. The number of hydrogen-bond acceptors (Lipinski definition) is 5. The van der Waals surface area contributed by atoms with Crippen LogP contribution in [0.3, 0.4) is 0 Å². The summed E-state index contributed by atoms with van der Waals surface area (Å²) in [4.78, 5) is 24.7. The van der Waals surface area contributed by atoms with E-state index in [0.717, 1.165) is 11.1 Å². The lowest BCUT2D eigenvalue weighted by Crippen LogP contribution is -2.19. The Labute approximate surface area is 159 Å². The molecule has 2 N–H and O–H groups in total. The second-order valence-corrected chi connectivity index (χ2v) is 6.25. The quantitative estimate of drug-likeness (QED) is 0.424. The van der Waals surface area contributed by atoms with Crippen molar-refractivity contribution in [2.75, 3.05) is 0 Å². The highest BCUT2D eigenvalue weighted by Gasteiger charge is 2.10. The first kappa shape index (κ1) is 17.4. The Morgan fingerprint density at radius 3 is 2.82 bits per heavy atom. The van der Waals surface area contributed by atoms with Crippen LogP contribution in [0.4, 0.5) is 0 Å². The molecule has 7 nitrogen and oxygen atoms in total. The zero-order valence-corrected chi connectivity index (χ0v) is 15.0. The molecule has 138 valence electrons. The third-order valence-electron chi connectivity index (χ3n) is 4.22. The molecule has 0 saturated carbocycles. The minimum absolute atomic E-state index is 0.212. The highest BCUT2D eigenvalue weighted by Crippen LogP contribution is 2.16. The van der Waals surface area contributed by atoms with Gasteiger partial charge in [-0.1, -0.05) is 42.0 Å². The van der Waals surface area contributed by atoms with Crippen LogP contribution in [0.2, 0.25) is 0 Å². The number of amides is 1. The number of nitrogens with one attached hydrogen (secondary N) is 2. The van der Waals surface area contributed by atoms with E-state index >= 15 is 0 Å². The Morgan fingerprint density at radius 1 is 1.18 bits per heavy atom. The van der Waals surface area contributed by atoms with Crippen molar-refractivity contribution in [1.82, 2.24) is 15.6 Å². The molecule has 0 radical (unpaired) electrons. The van der Waals surface area contributed by atoms with E-state index in [2.05, 4.69) is 20.7 Å². The Bertz CT molecular complexity index is 1240. The minimum Gasteiger partial charge on any atom is -0.463 e. The average molecular weight is 372 g/mol. The van der Waals surface area contributed by atoms with Crippen LogP contribution in [0.5, 0.6) is 0 Å². The van der Waals surface area contributed by atoms with Gasteiger partial charge < -0.3 is 4.42 Å². The summed E-state index contributed by atoms with van der Waals surface area (Å²) in [7, 11) is 0. The van der Waals surface area contributed by atoms with E-state index in [1.165, 1.54) is 12.5 Å². The minimum atomic E-state index is -0.466. The summed E-state index contributed by atoms with van der Waals surface area (Å²) in [5, 5.41) is 11.1. The molecule has 2 aromatic carbocycles. The summed E-state index contributed by atoms with van der Waals surface area (Å²) in [6.45, 7) is 1.90. The van der Waals surface area contributed by atoms with Crippen molar-refractivity contribution in [2.45, 2.75) is 6.92 Å². The van der Waals surface area contributed by atoms with Gasteiger partial charge in [0, 0.05) is 5.56 Å². The Morgan fingerprint density at radius 2 is 2.00 bits per heavy atom. The predicted octanol–water partition coefficient (Wildman–Crippen LogP) is 3.26. The number of rotatable bonds is 4. The fourth-order valence-electron chi connectivity index (χ4n) is 2.76. The molecule has 7 heteroatoms. The van der Waals surface area contributed by atoms with Crippen molar-refractivity contribution in [3.8, 4) is 11.3 Å². The highest BCUT2D eigenvalue weighted by atomic mass is 16.3. The van der Waals surface area contributed by atoms with Crippen LogP contribution in [0, 0.1) is 6.92 Å². The van der Waals surface area contributed by atoms with Crippen molar-refractivity contribution in [3.63, 3.8) is 0 Å². The van der Waals surface area contributed by atoms with Gasteiger partial charge in [0.25, 0.3) is 5.91 Å². The van der Waals surface area contributed by atoms with Crippen molar-refractivity contribution in [3.05, 3.63) is 87.9 Å². The van der Waals surface area contributed by atoms with Gasteiger partial charge in [-0.05, 0) is 25.1 Å². The van der Waals surface area contributed by atoms with Crippen LogP contribution in [-0.2, 0) is 0 Å². The molecule has 0 atom stereocenters. The van der Waals surface area contributed by atoms with E-state index in [9.17, 15) is 9.59 Å². The number of hydrogen-bond donors (Lipinski definition) is 2. The van der Waals surface area contributed by atoms with Gasteiger partial charge in [0.1, 0.15) is 17.5 Å². The normalized spacial score (nSPS) is 11.2. The van der Waals surface area contributed by atoms with Gasteiger partial charge in [0.05, 0.1) is 22.9 Å². The molecule has 0 bridgehead atoms. The highest BCUT2D eigenvalue weighted by molar-refractivity contribution is 5.94. The number of H-pyrrole nitrogens is 1. The maximum absolute atomic E-state index is 12.5. The van der Waals surface area contributed by atoms with Gasteiger partial charge >= 0.3 is 0 Å². The van der Waals surface area contributed by atoms with Gasteiger partial charge in [-0.2, -0.15) is 10.2 Å². The summed E-state index contributed by atoms with van der Waals surface area (Å²) < 4.78 is 5.45. The molecule has 4 aromatic rings. The van der Waals surface area contributed by atoms with Crippen LogP contribution in [0.15, 0.2) is 75.2 Å². The molecule has 0 aliphatic carbocycles. The Hall–Kier alpha value is -4.00. The number of aryl methyl sites for hydroxylation is 1. The molecular weight excluding hydrogens is 356 g/mol. The number of aromatic nitrogens is 2. The van der Waals surface area contributed by atoms with Crippen LogP contribution in [-0.4, -0.2) is 22.3 Å². The molecule has 2 heterocycles. The second kappa shape index (κ2) is 7.32. The number of nitrogens with zero attached hydrogens (tertiary/aromatic N) is 2. The first-order valence-electron chi connectivity index (χ1n) is 8.58. The average Bonchev–Trinajstić information content (AvgIpc) is 3.21. The van der Waals surface area contributed by atoms with Gasteiger partial charge in [0.2, 0.25) is 5.43 Å². The van der Waals surface area contributed by atoms with E-state index < -0.39 is 5.91 Å². The molecule has 1 amide bonds. The molecule has 2 aromatic heterocycles. The molecule has 0 unspecified atom stereocenters. The molecule has 0 saturated heterocycles. The van der Waals surface area contributed by atoms with Gasteiger partial charge in [-0.25, -0.2) is 5.43 Å². The molecular formula is C21H16N4O3. The fourth-order valence-corrected chi connectivity index (χ4v) is 2.76. The van der Waals surface area contributed by atoms with Crippen molar-refractivity contribution in [2.24, 2.45) is 5.10 Å². The SMILES string of the molecule is Cc1ccc2occ(/C=N/NC(=O)c3cc(-c4ccccc4)n[nH]3)c(=O)c2c1. The van der Waals surface area contributed by atoms with Crippen molar-refractivity contribution < 1.29 is 9.21 Å². The summed E-state index contributed by atoms with van der Waals surface area (Å²) in [6.07, 6.45) is 2.58. The summed E-state index contributed by atoms with van der Waals surface area (Å²) >= 11 is 0. The summed E-state index contributed by atoms with van der Waals surface area (Å²) in [6, 6.07) is 16.5. The lowest BCUT2D eigenvalue weighted by Gasteiger charge is -2.00. The van der Waals surface area contributed by atoms with Crippen molar-refractivity contribution in [1.29, 1.82) is 0 Å². The number of fused-ring (bicyclic) bond motifs is 1. The first-order valence-corrected chi connectivity index (χ1v) is 8.58. The number of carbonyl (C=O) groups is 1. The lowest BCUT2D eigenvalue weighted by molar-refractivity contribution is 0.0950. The standard InChI is InChI=1S/C21H16N4O3/c1-13-7-8-19-16(9-13)20(26)15(12-28-19)11-22-25-21(27)18-10-17(23-24-18)14-5-3-2-4-6-14/h2-12H,1H3,(H,23,24)(H,25,27)/b22-11+. The number of benzene rings is 2. The Balaban J connectivity index is 1.50. The maximum Gasteiger partial charge on any atom is 0.289 e. The molecule has 28 heavy (non-hydrogen) atoms. The molecule has 4 rings (SSSR count). The molecule has 0 fully saturated rings. The first-order chi connectivity index (χ1) is 13.6. The van der Waals surface area contributed by atoms with E-state index in [1.54, 1.807) is 18.2 Å². The second-order valence-electron chi connectivity index (χ2n) is 6.25. The van der Waals surface area contributed by atoms with Crippen LogP contribution in [0.1, 0.15) is 21.6 Å². The van der Waals surface area contributed by atoms with E-state index in [0.29, 0.717) is 16.7 Å². The van der Waals surface area contributed by atoms with Crippen LogP contribution < -0.4 is 10.9 Å². The van der Waals surface area contributed by atoms with E-state index in [1.807, 2.05) is 43.3 Å². The summed E-state index contributed by atoms with van der Waals surface area (Å²) in [5.41, 5.74) is 5.67. The predicted molar refractivity (Wildman–Crippen MR) is 106 cm³/mol. The number of aromatic amines is 1. The largest absolute Gasteiger partial charge is 0.463 e.